The number of nitriles is 1. The number of nitrogens with zero attached hydrogens (tertiary/aromatic N) is 2. The molecule has 0 spiro atoms. The molecular weight excluding hydrogens is 324 g/mol. The van der Waals surface area contributed by atoms with E-state index in [0.29, 0.717) is 11.3 Å². The summed E-state index contributed by atoms with van der Waals surface area (Å²) >= 11 is 0. The van der Waals surface area contributed by atoms with Gasteiger partial charge in [0.2, 0.25) is 5.88 Å². The number of carbonyl (C=O) groups is 1. The van der Waals surface area contributed by atoms with Gasteiger partial charge < -0.3 is 14.6 Å². The number of rotatable bonds is 6. The third-order valence-electron chi connectivity index (χ3n) is 3.90. The number of pyridine rings is 1. The summed E-state index contributed by atoms with van der Waals surface area (Å²) in [5, 5.41) is 19.8. The summed E-state index contributed by atoms with van der Waals surface area (Å²) in [6, 6.07) is 8.15. The molecule has 25 heavy (non-hydrogen) atoms. The molecule has 0 bridgehead atoms. The highest BCUT2D eigenvalue weighted by molar-refractivity contribution is 6.11. The van der Waals surface area contributed by atoms with E-state index in [2.05, 4.69) is 0 Å². The van der Waals surface area contributed by atoms with E-state index in [4.69, 9.17) is 9.47 Å². The van der Waals surface area contributed by atoms with E-state index in [0.717, 1.165) is 4.57 Å². The van der Waals surface area contributed by atoms with Gasteiger partial charge in [-0.3, -0.25) is 14.2 Å². The second-order valence-corrected chi connectivity index (χ2v) is 5.32. The maximum Gasteiger partial charge on any atom is 0.271 e. The minimum atomic E-state index is -0.652. The largest absolute Gasteiger partial charge is 0.497 e. The minimum Gasteiger partial charge on any atom is -0.497 e. The zero-order chi connectivity index (χ0) is 18.6. The lowest BCUT2D eigenvalue weighted by Crippen LogP contribution is -2.28. The number of hydrogen-bond acceptors (Lipinski definition) is 6. The van der Waals surface area contributed by atoms with Crippen LogP contribution in [0.4, 0.5) is 0 Å². The predicted molar refractivity (Wildman–Crippen MR) is 90.1 cm³/mol. The number of ketones is 1. The van der Waals surface area contributed by atoms with E-state index in [1.807, 2.05) is 6.07 Å². The molecule has 0 fully saturated rings. The van der Waals surface area contributed by atoms with Gasteiger partial charge in [0.1, 0.15) is 17.4 Å². The summed E-state index contributed by atoms with van der Waals surface area (Å²) in [6.45, 7) is 1.65. The van der Waals surface area contributed by atoms with Crippen molar-refractivity contribution in [2.45, 2.75) is 13.5 Å². The second-order valence-electron chi connectivity index (χ2n) is 5.32. The summed E-state index contributed by atoms with van der Waals surface area (Å²) in [5.41, 5.74) is -0.441. The van der Waals surface area contributed by atoms with Crippen LogP contribution in [0.3, 0.4) is 0 Å². The molecule has 1 aromatic carbocycles. The van der Waals surface area contributed by atoms with Gasteiger partial charge in [-0.05, 0) is 36.8 Å². The van der Waals surface area contributed by atoms with Gasteiger partial charge in [-0.1, -0.05) is 0 Å². The van der Waals surface area contributed by atoms with Gasteiger partial charge in [-0.15, -0.1) is 0 Å². The fourth-order valence-electron chi connectivity index (χ4n) is 2.50. The number of aromatic hydroxyl groups is 1. The lowest BCUT2D eigenvalue weighted by molar-refractivity contribution is 0.103. The van der Waals surface area contributed by atoms with Gasteiger partial charge in [-0.25, -0.2) is 0 Å². The first-order valence-electron chi connectivity index (χ1n) is 7.50. The molecule has 0 aliphatic rings. The summed E-state index contributed by atoms with van der Waals surface area (Å²) in [6.07, 6.45) is 0. The highest BCUT2D eigenvalue weighted by Gasteiger charge is 2.24. The minimum absolute atomic E-state index is 0.0268. The second kappa shape index (κ2) is 7.64. The Hall–Kier alpha value is -3.11. The van der Waals surface area contributed by atoms with E-state index in [1.54, 1.807) is 24.3 Å². The van der Waals surface area contributed by atoms with Crippen molar-refractivity contribution < 1.29 is 19.4 Å². The van der Waals surface area contributed by atoms with Crippen LogP contribution in [0, 0.1) is 18.3 Å². The smallest absolute Gasteiger partial charge is 0.271 e. The van der Waals surface area contributed by atoms with Crippen LogP contribution in [0.2, 0.25) is 0 Å². The van der Waals surface area contributed by atoms with Crippen molar-refractivity contribution in [1.29, 1.82) is 5.26 Å². The number of ether oxygens (including phenoxy) is 2. The highest BCUT2D eigenvalue weighted by atomic mass is 16.5. The fourth-order valence-corrected chi connectivity index (χ4v) is 2.50. The van der Waals surface area contributed by atoms with E-state index >= 15 is 0 Å². The first-order valence-corrected chi connectivity index (χ1v) is 7.50. The molecule has 0 aliphatic carbocycles. The van der Waals surface area contributed by atoms with Crippen LogP contribution in [0.5, 0.6) is 11.6 Å². The number of hydrogen-bond donors (Lipinski definition) is 1. The molecule has 0 amide bonds. The molecule has 2 aromatic rings. The highest BCUT2D eigenvalue weighted by Crippen LogP contribution is 2.25. The van der Waals surface area contributed by atoms with Crippen molar-refractivity contribution in [3.05, 3.63) is 56.9 Å². The lowest BCUT2D eigenvalue weighted by Gasteiger charge is -2.15. The van der Waals surface area contributed by atoms with Crippen LogP contribution in [0.25, 0.3) is 0 Å². The summed E-state index contributed by atoms with van der Waals surface area (Å²) in [4.78, 5) is 25.2. The molecule has 2 rings (SSSR count). The SMILES string of the molecule is COCCn1c(O)c(C(=O)c2ccc(OC)cc2)c(C)c(C#N)c1=O. The third-order valence-corrected chi connectivity index (χ3v) is 3.90. The van der Waals surface area contributed by atoms with Crippen LogP contribution in [0.1, 0.15) is 27.0 Å². The monoisotopic (exact) mass is 342 g/mol. The first-order chi connectivity index (χ1) is 12.0. The molecule has 130 valence electrons. The number of carbonyl (C=O) groups excluding carboxylic acids is 1. The summed E-state index contributed by atoms with van der Waals surface area (Å²) < 4.78 is 11.0. The first kappa shape index (κ1) is 18.2. The Morgan fingerprint density at radius 3 is 2.44 bits per heavy atom. The van der Waals surface area contributed by atoms with Crippen LogP contribution < -0.4 is 10.3 Å². The van der Waals surface area contributed by atoms with Gasteiger partial charge in [-0.2, -0.15) is 5.26 Å². The van der Waals surface area contributed by atoms with Crippen LogP contribution >= 0.6 is 0 Å². The molecule has 0 aliphatic heterocycles. The van der Waals surface area contributed by atoms with E-state index in [-0.39, 0.29) is 29.8 Å². The Morgan fingerprint density at radius 1 is 1.28 bits per heavy atom. The molecular formula is C18H18N2O5. The van der Waals surface area contributed by atoms with Crippen molar-refractivity contribution in [3.8, 4) is 17.7 Å². The quantitative estimate of drug-likeness (QED) is 0.801. The zero-order valence-electron chi connectivity index (χ0n) is 14.2. The molecule has 0 atom stereocenters. The predicted octanol–water partition coefficient (Wildman–Crippen LogP) is 1.62. The molecule has 7 nitrogen and oxygen atoms in total. The third kappa shape index (κ3) is 3.39. The molecule has 0 radical (unpaired) electrons. The summed E-state index contributed by atoms with van der Waals surface area (Å²) in [7, 11) is 2.96. The number of benzene rings is 1. The van der Waals surface area contributed by atoms with Crippen molar-refractivity contribution in [1.82, 2.24) is 4.57 Å². The molecule has 7 heteroatoms. The Labute approximate surface area is 144 Å². The van der Waals surface area contributed by atoms with E-state index in [9.17, 15) is 20.0 Å². The molecule has 1 aromatic heterocycles. The van der Waals surface area contributed by atoms with Crippen LogP contribution in [-0.2, 0) is 11.3 Å². The Bertz CT molecular complexity index is 892. The van der Waals surface area contributed by atoms with Gasteiger partial charge in [0.25, 0.3) is 5.56 Å². The Balaban J connectivity index is 2.64. The van der Waals surface area contributed by atoms with E-state index in [1.165, 1.54) is 21.1 Å². The lowest BCUT2D eigenvalue weighted by atomic mass is 9.97. The molecule has 0 saturated heterocycles. The average Bonchev–Trinajstić information content (AvgIpc) is 2.62. The number of aromatic nitrogens is 1. The standard InChI is InChI=1S/C18H18N2O5/c1-11-14(10-19)17(22)20(8-9-24-2)18(23)15(11)16(21)12-4-6-13(25-3)7-5-12/h4-7,23H,8-9H2,1-3H3. The van der Waals surface area contributed by atoms with E-state index < -0.39 is 17.2 Å². The van der Waals surface area contributed by atoms with Gasteiger partial charge in [0.05, 0.1) is 25.8 Å². The molecule has 1 N–H and O–H groups in total. The van der Waals surface area contributed by atoms with Gasteiger partial charge in [0, 0.05) is 12.7 Å². The van der Waals surface area contributed by atoms with Crippen molar-refractivity contribution in [2.75, 3.05) is 20.8 Å². The topological polar surface area (TPSA) is 102 Å². The molecule has 0 saturated carbocycles. The fraction of sp³-hybridized carbons (Fsp3) is 0.278. The zero-order valence-corrected chi connectivity index (χ0v) is 14.2. The van der Waals surface area contributed by atoms with Gasteiger partial charge >= 0.3 is 0 Å². The molecule has 1 heterocycles. The maximum atomic E-state index is 12.8. The van der Waals surface area contributed by atoms with Crippen molar-refractivity contribution >= 4 is 5.78 Å². The summed E-state index contributed by atoms with van der Waals surface area (Å²) in [5.74, 6) is -0.375. The van der Waals surface area contributed by atoms with Crippen molar-refractivity contribution in [2.24, 2.45) is 0 Å². The maximum absolute atomic E-state index is 12.8. The normalized spacial score (nSPS) is 10.3. The van der Waals surface area contributed by atoms with Crippen LogP contribution in [-0.4, -0.2) is 36.3 Å². The molecule has 0 unspecified atom stereocenters. The Kier molecular flexibility index (Phi) is 5.57. The number of methoxy groups -OCH3 is 2. The van der Waals surface area contributed by atoms with Crippen LogP contribution in [0.15, 0.2) is 29.1 Å². The average molecular weight is 342 g/mol. The van der Waals surface area contributed by atoms with Crippen molar-refractivity contribution in [3.63, 3.8) is 0 Å². The van der Waals surface area contributed by atoms with Gasteiger partial charge in [0.15, 0.2) is 5.78 Å². The Morgan fingerprint density at radius 2 is 1.92 bits per heavy atom.